The largest absolute Gasteiger partial charge is 0.469 e. The predicted molar refractivity (Wildman–Crippen MR) is 84.6 cm³/mol. The number of ether oxygens (including phenoxy) is 2. The lowest BCUT2D eigenvalue weighted by molar-refractivity contribution is -0.161. The molecule has 0 radical (unpaired) electrons. The molecule has 4 nitrogen and oxygen atoms in total. The molecule has 6 saturated carbocycles. The third-order valence-electron chi connectivity index (χ3n) is 9.39. The van der Waals surface area contributed by atoms with Gasteiger partial charge in [-0.3, -0.25) is 9.59 Å². The van der Waals surface area contributed by atoms with E-state index in [1.54, 1.807) is 0 Å². The Balaban J connectivity index is 1.64. The Bertz CT molecular complexity index is 742. The Morgan fingerprint density at radius 3 is 2.88 bits per heavy atom. The van der Waals surface area contributed by atoms with Crippen molar-refractivity contribution in [2.24, 2.45) is 39.9 Å². The van der Waals surface area contributed by atoms with Gasteiger partial charge in [0.1, 0.15) is 5.60 Å². The molecule has 0 amide bonds. The van der Waals surface area contributed by atoms with E-state index in [9.17, 15) is 9.59 Å². The van der Waals surface area contributed by atoms with Crippen molar-refractivity contribution in [1.29, 1.82) is 0 Å². The maximum Gasteiger partial charge on any atom is 0.312 e. The van der Waals surface area contributed by atoms with Crippen molar-refractivity contribution in [3.63, 3.8) is 0 Å². The molecule has 0 aromatic rings. The number of fused-ring (bicyclic) bond motifs is 1. The number of rotatable bonds is 1. The summed E-state index contributed by atoms with van der Waals surface area (Å²) >= 11 is 0. The van der Waals surface area contributed by atoms with Crippen molar-refractivity contribution in [3.05, 3.63) is 12.2 Å². The SMILES string of the molecule is C=C1C2[C@@]34CC[C@@H]1C[C@@]23[C@@H](C(=O)OC)[C@@H]1[C@@]2(C)CCC[C@]14OC2=O. The number of hydrogen-bond acceptors (Lipinski definition) is 4. The number of allylic oxidation sites excluding steroid dienone is 1. The summed E-state index contributed by atoms with van der Waals surface area (Å²) in [5, 5.41) is 0. The van der Waals surface area contributed by atoms with Gasteiger partial charge < -0.3 is 9.47 Å². The first-order valence-electron chi connectivity index (χ1n) is 9.41. The van der Waals surface area contributed by atoms with Crippen molar-refractivity contribution in [1.82, 2.24) is 0 Å². The quantitative estimate of drug-likeness (QED) is 0.549. The molecule has 7 fully saturated rings. The average molecular weight is 328 g/mol. The topological polar surface area (TPSA) is 52.6 Å². The average Bonchev–Trinajstić information content (AvgIpc) is 2.97. The summed E-state index contributed by atoms with van der Waals surface area (Å²) in [6.07, 6.45) is 6.08. The van der Waals surface area contributed by atoms with E-state index >= 15 is 0 Å². The van der Waals surface area contributed by atoms with Crippen LogP contribution in [0.4, 0.5) is 0 Å². The Labute approximate surface area is 141 Å². The fraction of sp³-hybridized carbons (Fsp3) is 0.800. The van der Waals surface area contributed by atoms with Gasteiger partial charge in [-0.2, -0.15) is 0 Å². The van der Waals surface area contributed by atoms with Crippen LogP contribution in [0.5, 0.6) is 0 Å². The summed E-state index contributed by atoms with van der Waals surface area (Å²) in [6, 6.07) is 0. The molecule has 1 aliphatic heterocycles. The fourth-order valence-corrected chi connectivity index (χ4v) is 9.02. The summed E-state index contributed by atoms with van der Waals surface area (Å²) in [4.78, 5) is 25.8. The van der Waals surface area contributed by atoms with Crippen LogP contribution in [-0.4, -0.2) is 24.6 Å². The highest BCUT2D eigenvalue weighted by atomic mass is 16.6. The first kappa shape index (κ1) is 13.9. The van der Waals surface area contributed by atoms with Crippen LogP contribution < -0.4 is 0 Å². The molecule has 1 saturated heterocycles. The van der Waals surface area contributed by atoms with E-state index in [0.717, 1.165) is 38.5 Å². The summed E-state index contributed by atoms with van der Waals surface area (Å²) in [5.74, 6) is 0.558. The van der Waals surface area contributed by atoms with Gasteiger partial charge in [-0.15, -0.1) is 0 Å². The number of carbonyl (C=O) groups is 2. The van der Waals surface area contributed by atoms with Crippen LogP contribution in [0.15, 0.2) is 12.2 Å². The van der Waals surface area contributed by atoms with Gasteiger partial charge in [0, 0.05) is 16.7 Å². The second-order valence-electron chi connectivity index (χ2n) is 9.49. The van der Waals surface area contributed by atoms with E-state index in [0.29, 0.717) is 11.8 Å². The molecule has 24 heavy (non-hydrogen) atoms. The summed E-state index contributed by atoms with van der Waals surface area (Å²) in [5.41, 5.74) is 0.327. The Hall–Kier alpha value is -1.32. The van der Waals surface area contributed by atoms with E-state index in [4.69, 9.17) is 9.47 Å². The van der Waals surface area contributed by atoms with Crippen molar-refractivity contribution < 1.29 is 19.1 Å². The van der Waals surface area contributed by atoms with Gasteiger partial charge in [-0.05, 0) is 57.3 Å². The first-order chi connectivity index (χ1) is 11.4. The normalized spacial score (nSPS) is 61.2. The lowest BCUT2D eigenvalue weighted by Crippen LogP contribution is -2.52. The maximum atomic E-state index is 13.0. The minimum Gasteiger partial charge on any atom is -0.469 e. The Morgan fingerprint density at radius 2 is 2.12 bits per heavy atom. The monoisotopic (exact) mass is 328 g/mol. The zero-order valence-corrected chi connectivity index (χ0v) is 14.4. The lowest BCUT2D eigenvalue weighted by atomic mass is 9.55. The van der Waals surface area contributed by atoms with Crippen LogP contribution in [0.2, 0.25) is 0 Å². The molecule has 1 unspecified atom stereocenters. The predicted octanol–water partition coefficient (Wildman–Crippen LogP) is 2.86. The zero-order valence-electron chi connectivity index (χ0n) is 14.4. The van der Waals surface area contributed by atoms with Crippen LogP contribution >= 0.6 is 0 Å². The molecule has 0 N–H and O–H groups in total. The first-order valence-corrected chi connectivity index (χ1v) is 9.41. The van der Waals surface area contributed by atoms with E-state index < -0.39 is 11.0 Å². The van der Waals surface area contributed by atoms with Crippen molar-refractivity contribution in [2.75, 3.05) is 7.11 Å². The number of esters is 2. The van der Waals surface area contributed by atoms with Crippen molar-refractivity contribution in [2.45, 2.75) is 51.0 Å². The Kier molecular flexibility index (Phi) is 2.01. The fourth-order valence-electron chi connectivity index (χ4n) is 9.02. The summed E-state index contributed by atoms with van der Waals surface area (Å²) in [7, 11) is 1.49. The van der Waals surface area contributed by atoms with Gasteiger partial charge in [0.05, 0.1) is 18.4 Å². The minimum absolute atomic E-state index is 0.000370. The van der Waals surface area contributed by atoms with Crippen LogP contribution in [-0.2, 0) is 19.1 Å². The van der Waals surface area contributed by atoms with Gasteiger partial charge in [-0.1, -0.05) is 12.2 Å². The highest BCUT2D eigenvalue weighted by Gasteiger charge is 3.00. The van der Waals surface area contributed by atoms with Gasteiger partial charge in [-0.25, -0.2) is 0 Å². The van der Waals surface area contributed by atoms with E-state index in [2.05, 4.69) is 6.58 Å². The van der Waals surface area contributed by atoms with Crippen molar-refractivity contribution in [3.8, 4) is 0 Å². The molecule has 6 aliphatic carbocycles. The van der Waals surface area contributed by atoms with Crippen LogP contribution in [0, 0.1) is 39.9 Å². The molecule has 0 aromatic heterocycles. The molecule has 1 heterocycles. The second kappa shape index (κ2) is 3.47. The third-order valence-corrected chi connectivity index (χ3v) is 9.39. The molecule has 0 aromatic carbocycles. The van der Waals surface area contributed by atoms with Gasteiger partial charge in [0.25, 0.3) is 0 Å². The van der Waals surface area contributed by atoms with Crippen LogP contribution in [0.3, 0.4) is 0 Å². The van der Waals surface area contributed by atoms with Gasteiger partial charge in [0.15, 0.2) is 0 Å². The van der Waals surface area contributed by atoms with Gasteiger partial charge >= 0.3 is 11.9 Å². The van der Waals surface area contributed by atoms with E-state index in [-0.39, 0.29) is 34.6 Å². The summed E-state index contributed by atoms with van der Waals surface area (Å²) in [6.45, 7) is 6.45. The van der Waals surface area contributed by atoms with E-state index in [1.807, 2.05) is 6.92 Å². The number of carbonyl (C=O) groups excluding carboxylic acids is 2. The number of methoxy groups -OCH3 is 1. The lowest BCUT2D eigenvalue weighted by Gasteiger charge is -2.47. The molecule has 7 rings (SSSR count). The standard InChI is InChI=1S/C20H24O4/c1-10-11-5-8-19-13(10)18(19,9-11)12(15(21)23-3)14-17(2)6-4-7-20(14,19)24-16(17)22/h11-14H,1,4-9H2,2-3H3/t11-,12-,13?,14-,17-,18-,19+,20+/m1/s1. The van der Waals surface area contributed by atoms with Crippen molar-refractivity contribution >= 4 is 11.9 Å². The molecule has 7 aliphatic rings. The molecule has 128 valence electrons. The highest BCUT2D eigenvalue weighted by molar-refractivity contribution is 5.87. The molecule has 2 spiro atoms. The highest BCUT2D eigenvalue weighted by Crippen LogP contribution is 2.98. The number of hydrogen-bond donors (Lipinski definition) is 0. The van der Waals surface area contributed by atoms with E-state index in [1.165, 1.54) is 12.7 Å². The molecule has 4 heteroatoms. The summed E-state index contributed by atoms with van der Waals surface area (Å²) < 4.78 is 11.6. The minimum atomic E-state index is -0.513. The third kappa shape index (κ3) is 0.932. The maximum absolute atomic E-state index is 13.0. The Morgan fingerprint density at radius 1 is 1.33 bits per heavy atom. The molecular formula is C20H24O4. The molecule has 8 atom stereocenters. The molecular weight excluding hydrogens is 304 g/mol. The smallest absolute Gasteiger partial charge is 0.312 e. The van der Waals surface area contributed by atoms with Crippen LogP contribution in [0.25, 0.3) is 0 Å². The zero-order chi connectivity index (χ0) is 16.7. The second-order valence-corrected chi connectivity index (χ2v) is 9.49. The van der Waals surface area contributed by atoms with Crippen LogP contribution in [0.1, 0.15) is 45.4 Å². The molecule has 6 bridgehead atoms. The van der Waals surface area contributed by atoms with Gasteiger partial charge in [0.2, 0.25) is 0 Å².